The van der Waals surface area contributed by atoms with Crippen molar-refractivity contribution in [3.05, 3.63) is 69.4 Å². The number of carbonyl (C=O) groups excluding carboxylic acids is 1. The van der Waals surface area contributed by atoms with Gasteiger partial charge in [-0.15, -0.1) is 0 Å². The van der Waals surface area contributed by atoms with Crippen molar-refractivity contribution in [2.24, 2.45) is 0 Å². The van der Waals surface area contributed by atoms with E-state index in [9.17, 15) is 20.2 Å². The Morgan fingerprint density at radius 3 is 2.71 bits per heavy atom. The van der Waals surface area contributed by atoms with Gasteiger partial charge in [0.25, 0.3) is 11.6 Å². The normalized spacial score (nSPS) is 10.7. The van der Waals surface area contributed by atoms with Gasteiger partial charge in [0.15, 0.2) is 0 Å². The van der Waals surface area contributed by atoms with Crippen LogP contribution in [-0.2, 0) is 11.2 Å². The van der Waals surface area contributed by atoms with Gasteiger partial charge in [0.05, 0.1) is 23.8 Å². The predicted octanol–water partition coefficient (Wildman–Crippen LogP) is 3.93. The first-order valence-corrected chi connectivity index (χ1v) is 8.50. The molecule has 0 spiro atoms. The average Bonchev–Trinajstić information content (AvgIpc) is 2.69. The third kappa shape index (κ3) is 4.65. The number of nitrogens with one attached hydrogen (secondary N) is 2. The first kappa shape index (κ1) is 20.5. The maximum atomic E-state index is 12.5. The third-order valence-electron chi connectivity index (χ3n) is 4.11. The number of aryl methyl sites for hydroxylation is 2. The quantitative estimate of drug-likeness (QED) is 0.325. The smallest absolute Gasteiger partial charge is 0.273 e. The Kier molecular flexibility index (Phi) is 6.71. The van der Waals surface area contributed by atoms with Crippen LogP contribution in [-0.4, -0.2) is 17.9 Å². The Balaban J connectivity index is 2.24. The summed E-state index contributed by atoms with van der Waals surface area (Å²) in [6.07, 6.45) is 1.98. The largest absolute Gasteiger partial charge is 0.494 e. The summed E-state index contributed by atoms with van der Waals surface area (Å²) in [7, 11) is 1.37. The fourth-order valence-electron chi connectivity index (χ4n) is 2.59. The molecule has 28 heavy (non-hydrogen) atoms. The predicted molar refractivity (Wildman–Crippen MR) is 106 cm³/mol. The minimum Gasteiger partial charge on any atom is -0.494 e. The Bertz CT molecular complexity index is 977. The van der Waals surface area contributed by atoms with E-state index in [1.807, 2.05) is 38.1 Å². The number of carbonyl (C=O) groups is 1. The second-order valence-electron chi connectivity index (χ2n) is 5.87. The average molecular weight is 380 g/mol. The minimum absolute atomic E-state index is 0.128. The van der Waals surface area contributed by atoms with Crippen LogP contribution in [0.3, 0.4) is 0 Å². The highest BCUT2D eigenvalue weighted by molar-refractivity contribution is 6.07. The lowest BCUT2D eigenvalue weighted by molar-refractivity contribution is -0.384. The molecule has 0 heterocycles. The number of benzene rings is 2. The van der Waals surface area contributed by atoms with Crippen molar-refractivity contribution < 1.29 is 14.5 Å². The van der Waals surface area contributed by atoms with E-state index in [1.165, 1.54) is 31.5 Å². The fourth-order valence-corrected chi connectivity index (χ4v) is 2.59. The van der Waals surface area contributed by atoms with Crippen LogP contribution in [0.1, 0.15) is 18.1 Å². The molecule has 2 rings (SSSR count). The number of non-ortho nitro benzene ring substituents is 1. The SMILES string of the molecule is CCc1cccc(C)c1NC(=O)/C(C#N)=C\Nc1ccc([N+](=O)[O-])cc1OC. The van der Waals surface area contributed by atoms with Gasteiger partial charge in [-0.05, 0) is 30.5 Å². The van der Waals surface area contributed by atoms with E-state index in [1.54, 1.807) is 0 Å². The third-order valence-corrected chi connectivity index (χ3v) is 4.11. The standard InChI is InChI=1S/C20H20N4O4/c1-4-14-7-5-6-13(2)19(14)23-20(25)15(11-21)12-22-17-9-8-16(24(26)27)10-18(17)28-3/h5-10,12,22H,4H2,1-3H3,(H,23,25)/b15-12-. The molecule has 2 aromatic rings. The highest BCUT2D eigenvalue weighted by Crippen LogP contribution is 2.29. The first-order chi connectivity index (χ1) is 13.4. The number of nitro groups is 1. The zero-order valence-electron chi connectivity index (χ0n) is 15.8. The maximum absolute atomic E-state index is 12.5. The van der Waals surface area contributed by atoms with Gasteiger partial charge >= 0.3 is 0 Å². The molecule has 0 unspecified atom stereocenters. The Morgan fingerprint density at radius 1 is 1.36 bits per heavy atom. The molecule has 8 nitrogen and oxygen atoms in total. The van der Waals surface area contributed by atoms with Gasteiger partial charge in [-0.2, -0.15) is 5.26 Å². The van der Waals surface area contributed by atoms with Gasteiger partial charge in [-0.3, -0.25) is 14.9 Å². The summed E-state index contributed by atoms with van der Waals surface area (Å²) in [5.74, 6) is -0.338. The maximum Gasteiger partial charge on any atom is 0.273 e. The monoisotopic (exact) mass is 380 g/mol. The molecular formula is C20H20N4O4. The molecule has 0 fully saturated rings. The molecule has 0 aliphatic heterocycles. The van der Waals surface area contributed by atoms with E-state index in [0.717, 1.165) is 17.5 Å². The van der Waals surface area contributed by atoms with Crippen molar-refractivity contribution >= 4 is 23.0 Å². The molecule has 0 radical (unpaired) electrons. The summed E-state index contributed by atoms with van der Waals surface area (Å²) in [6, 6.07) is 11.6. The van der Waals surface area contributed by atoms with E-state index < -0.39 is 10.8 Å². The molecule has 2 aromatic carbocycles. The van der Waals surface area contributed by atoms with Crippen molar-refractivity contribution in [1.29, 1.82) is 5.26 Å². The number of anilines is 2. The summed E-state index contributed by atoms with van der Waals surface area (Å²) in [4.78, 5) is 22.8. The molecule has 0 aliphatic carbocycles. The number of nitriles is 1. The molecule has 0 aromatic heterocycles. The van der Waals surface area contributed by atoms with Gasteiger partial charge in [-0.1, -0.05) is 25.1 Å². The van der Waals surface area contributed by atoms with Crippen molar-refractivity contribution in [1.82, 2.24) is 0 Å². The van der Waals surface area contributed by atoms with Crippen LogP contribution < -0.4 is 15.4 Å². The van der Waals surface area contributed by atoms with Gasteiger partial charge in [0, 0.05) is 18.0 Å². The number of rotatable bonds is 7. The molecule has 8 heteroatoms. The number of ether oxygens (including phenoxy) is 1. The number of hydrogen-bond acceptors (Lipinski definition) is 6. The molecule has 0 aliphatic rings. The van der Waals surface area contributed by atoms with Crippen molar-refractivity contribution in [2.75, 3.05) is 17.7 Å². The number of nitro benzene ring substituents is 1. The fraction of sp³-hybridized carbons (Fsp3) is 0.200. The molecule has 0 saturated carbocycles. The van der Waals surface area contributed by atoms with E-state index in [4.69, 9.17) is 4.74 Å². The lowest BCUT2D eigenvalue weighted by Crippen LogP contribution is -2.16. The summed E-state index contributed by atoms with van der Waals surface area (Å²) in [5, 5.41) is 25.8. The number of para-hydroxylation sites is 1. The molecule has 0 atom stereocenters. The highest BCUT2D eigenvalue weighted by Gasteiger charge is 2.14. The van der Waals surface area contributed by atoms with Gasteiger partial charge < -0.3 is 15.4 Å². The molecular weight excluding hydrogens is 360 g/mol. The van der Waals surface area contributed by atoms with E-state index in [0.29, 0.717) is 11.4 Å². The second-order valence-corrected chi connectivity index (χ2v) is 5.87. The topological polar surface area (TPSA) is 117 Å². The van der Waals surface area contributed by atoms with E-state index in [2.05, 4.69) is 10.6 Å². The number of amides is 1. The zero-order valence-corrected chi connectivity index (χ0v) is 15.8. The lowest BCUT2D eigenvalue weighted by Gasteiger charge is -2.13. The minimum atomic E-state index is -0.556. The van der Waals surface area contributed by atoms with Gasteiger partial charge in [0.1, 0.15) is 17.4 Å². The zero-order chi connectivity index (χ0) is 20.7. The van der Waals surface area contributed by atoms with E-state index in [-0.39, 0.29) is 17.0 Å². The van der Waals surface area contributed by atoms with Crippen LogP contribution >= 0.6 is 0 Å². The first-order valence-electron chi connectivity index (χ1n) is 8.50. The summed E-state index contributed by atoms with van der Waals surface area (Å²) in [5.41, 5.74) is 2.66. The van der Waals surface area contributed by atoms with Crippen LogP contribution in [0.5, 0.6) is 5.75 Å². The summed E-state index contributed by atoms with van der Waals surface area (Å²) in [6.45, 7) is 3.86. The molecule has 0 saturated heterocycles. The number of nitrogens with zero attached hydrogens (tertiary/aromatic N) is 2. The Hall–Kier alpha value is -3.86. The van der Waals surface area contributed by atoms with Crippen molar-refractivity contribution in [3.8, 4) is 11.8 Å². The molecule has 1 amide bonds. The number of hydrogen-bond donors (Lipinski definition) is 2. The van der Waals surface area contributed by atoms with Gasteiger partial charge in [-0.25, -0.2) is 0 Å². The summed E-state index contributed by atoms with van der Waals surface area (Å²) >= 11 is 0. The van der Waals surface area contributed by atoms with Crippen LogP contribution in [0.4, 0.5) is 17.1 Å². The lowest BCUT2D eigenvalue weighted by atomic mass is 10.1. The second kappa shape index (κ2) is 9.19. The summed E-state index contributed by atoms with van der Waals surface area (Å²) < 4.78 is 5.12. The van der Waals surface area contributed by atoms with Crippen LogP contribution in [0.15, 0.2) is 48.2 Å². The van der Waals surface area contributed by atoms with Crippen LogP contribution in [0.2, 0.25) is 0 Å². The Labute approximate surface area is 162 Å². The Morgan fingerprint density at radius 2 is 2.11 bits per heavy atom. The van der Waals surface area contributed by atoms with Gasteiger partial charge in [0.2, 0.25) is 0 Å². The van der Waals surface area contributed by atoms with Crippen molar-refractivity contribution in [3.63, 3.8) is 0 Å². The highest BCUT2D eigenvalue weighted by atomic mass is 16.6. The van der Waals surface area contributed by atoms with Crippen LogP contribution in [0, 0.1) is 28.4 Å². The number of methoxy groups -OCH3 is 1. The molecule has 144 valence electrons. The molecule has 0 bridgehead atoms. The van der Waals surface area contributed by atoms with E-state index >= 15 is 0 Å². The van der Waals surface area contributed by atoms with Crippen LogP contribution in [0.25, 0.3) is 0 Å². The van der Waals surface area contributed by atoms with Crippen molar-refractivity contribution in [2.45, 2.75) is 20.3 Å². The molecule has 2 N–H and O–H groups in total.